The molecule has 0 saturated carbocycles. The van der Waals surface area contributed by atoms with Crippen LogP contribution in [0.3, 0.4) is 0 Å². The van der Waals surface area contributed by atoms with E-state index in [1.807, 2.05) is 30.3 Å². The summed E-state index contributed by atoms with van der Waals surface area (Å²) in [6, 6.07) is 11.4. The number of fused-ring (bicyclic) bond motifs is 1. The molecule has 0 aliphatic carbocycles. The summed E-state index contributed by atoms with van der Waals surface area (Å²) in [6.45, 7) is 0.204. The van der Waals surface area contributed by atoms with E-state index in [1.165, 1.54) is 29.0 Å². The summed E-state index contributed by atoms with van der Waals surface area (Å²) in [5, 5.41) is 9.28. The lowest BCUT2D eigenvalue weighted by atomic mass is 10.1. The van der Waals surface area contributed by atoms with Crippen LogP contribution in [0.4, 0.5) is 4.39 Å². The Morgan fingerprint density at radius 1 is 1.27 bits per heavy atom. The maximum atomic E-state index is 14.3. The Morgan fingerprint density at radius 2 is 2.04 bits per heavy atom. The highest BCUT2D eigenvalue weighted by Gasteiger charge is 2.16. The van der Waals surface area contributed by atoms with Crippen LogP contribution in [-0.4, -0.2) is 22.8 Å². The molecule has 1 heterocycles. The number of rotatable bonds is 5. The zero-order chi connectivity index (χ0) is 18.7. The summed E-state index contributed by atoms with van der Waals surface area (Å²) in [5.74, 6) is -1.21. The molecular weight excluding hydrogens is 337 g/mol. The monoisotopic (exact) mass is 353 g/mol. The molecule has 132 valence electrons. The Balaban J connectivity index is 2.04. The van der Waals surface area contributed by atoms with E-state index >= 15 is 0 Å². The zero-order valence-corrected chi connectivity index (χ0v) is 14.0. The maximum absolute atomic E-state index is 14.3. The molecule has 0 fully saturated rings. The molecule has 0 radical (unpaired) electrons. The Hall–Kier alpha value is -3.41. The molecule has 0 unspecified atom stereocenters. The summed E-state index contributed by atoms with van der Waals surface area (Å²) in [5.41, 5.74) is -0.121. The second kappa shape index (κ2) is 7.23. The maximum Gasteiger partial charge on any atom is 0.341 e. The van der Waals surface area contributed by atoms with Crippen LogP contribution in [0.2, 0.25) is 0 Å². The third-order valence-corrected chi connectivity index (χ3v) is 3.98. The van der Waals surface area contributed by atoms with Gasteiger partial charge in [0.15, 0.2) is 0 Å². The number of carbonyl (C=O) groups is 1. The van der Waals surface area contributed by atoms with Crippen molar-refractivity contribution < 1.29 is 19.0 Å². The van der Waals surface area contributed by atoms with Crippen molar-refractivity contribution in [2.24, 2.45) is 0 Å². The van der Waals surface area contributed by atoms with Crippen LogP contribution in [-0.2, 0) is 6.54 Å². The Bertz CT molecular complexity index is 1070. The van der Waals surface area contributed by atoms with E-state index in [0.717, 1.165) is 5.56 Å². The first kappa shape index (κ1) is 17.4. The average Bonchev–Trinajstić information content (AvgIpc) is 2.63. The molecule has 0 spiro atoms. The van der Waals surface area contributed by atoms with Crippen LogP contribution in [0.5, 0.6) is 5.75 Å². The van der Waals surface area contributed by atoms with Crippen LogP contribution in [0.15, 0.2) is 59.5 Å². The van der Waals surface area contributed by atoms with Crippen molar-refractivity contribution in [3.8, 4) is 5.75 Å². The lowest BCUT2D eigenvalue weighted by Gasteiger charge is -2.11. The molecule has 0 aliphatic heterocycles. The van der Waals surface area contributed by atoms with Gasteiger partial charge in [0.25, 0.3) is 0 Å². The van der Waals surface area contributed by atoms with Gasteiger partial charge in [-0.25, -0.2) is 9.18 Å². The predicted molar refractivity (Wildman–Crippen MR) is 97.2 cm³/mol. The van der Waals surface area contributed by atoms with Gasteiger partial charge in [0.1, 0.15) is 17.1 Å². The standard InChI is InChI=1S/C20H16FNO4/c1-26-14-7-2-5-13(11-14)6-4-10-22-12-16(20(24)25)19(23)15-8-3-9-17(21)18(15)22/h2-9,11-12H,10H2,1H3,(H,24,25)/b6-4+. The number of carboxylic acid groups (broad SMARTS) is 1. The molecule has 3 aromatic rings. The summed E-state index contributed by atoms with van der Waals surface area (Å²) in [4.78, 5) is 23.6. The van der Waals surface area contributed by atoms with Gasteiger partial charge in [-0.15, -0.1) is 0 Å². The van der Waals surface area contributed by atoms with E-state index in [2.05, 4.69) is 0 Å². The Kier molecular flexibility index (Phi) is 4.84. The minimum Gasteiger partial charge on any atom is -0.497 e. The van der Waals surface area contributed by atoms with E-state index < -0.39 is 22.8 Å². The van der Waals surface area contributed by atoms with Gasteiger partial charge in [-0.1, -0.05) is 30.4 Å². The summed E-state index contributed by atoms with van der Waals surface area (Å²) in [6.07, 6.45) is 4.75. The molecule has 3 rings (SSSR count). The highest BCUT2D eigenvalue weighted by molar-refractivity contribution is 5.92. The van der Waals surface area contributed by atoms with Crippen molar-refractivity contribution >= 4 is 22.9 Å². The number of para-hydroxylation sites is 1. The van der Waals surface area contributed by atoms with E-state index in [0.29, 0.717) is 5.75 Å². The minimum absolute atomic E-state index is 0.0414. The van der Waals surface area contributed by atoms with Gasteiger partial charge in [0, 0.05) is 18.1 Å². The number of halogens is 1. The van der Waals surface area contributed by atoms with Gasteiger partial charge < -0.3 is 14.4 Å². The molecule has 0 atom stereocenters. The largest absolute Gasteiger partial charge is 0.497 e. The summed E-state index contributed by atoms with van der Waals surface area (Å²) >= 11 is 0. The molecule has 0 bridgehead atoms. The zero-order valence-electron chi connectivity index (χ0n) is 14.0. The number of benzene rings is 2. The first-order valence-electron chi connectivity index (χ1n) is 7.87. The fraction of sp³-hybridized carbons (Fsp3) is 0.100. The second-order valence-electron chi connectivity index (χ2n) is 5.64. The van der Waals surface area contributed by atoms with Crippen LogP contribution >= 0.6 is 0 Å². The Morgan fingerprint density at radius 3 is 2.77 bits per heavy atom. The van der Waals surface area contributed by atoms with Gasteiger partial charge in [-0.05, 0) is 29.8 Å². The first-order chi connectivity index (χ1) is 12.5. The van der Waals surface area contributed by atoms with E-state index in [4.69, 9.17) is 4.74 Å². The number of aromatic carboxylic acids is 1. The molecule has 5 nitrogen and oxygen atoms in total. The van der Waals surface area contributed by atoms with Crippen LogP contribution in [0.1, 0.15) is 15.9 Å². The number of hydrogen-bond donors (Lipinski definition) is 1. The number of aromatic nitrogens is 1. The minimum atomic E-state index is -1.34. The number of ether oxygens (including phenoxy) is 1. The lowest BCUT2D eigenvalue weighted by Crippen LogP contribution is -2.19. The topological polar surface area (TPSA) is 68.5 Å². The number of pyridine rings is 1. The fourth-order valence-electron chi connectivity index (χ4n) is 2.76. The van der Waals surface area contributed by atoms with Crippen LogP contribution in [0, 0.1) is 5.82 Å². The number of carboxylic acids is 1. The quantitative estimate of drug-likeness (QED) is 0.761. The second-order valence-corrected chi connectivity index (χ2v) is 5.64. The molecule has 2 aromatic carbocycles. The smallest absolute Gasteiger partial charge is 0.341 e. The highest BCUT2D eigenvalue weighted by Crippen LogP contribution is 2.17. The van der Waals surface area contributed by atoms with Gasteiger partial charge in [0.2, 0.25) is 5.43 Å². The molecule has 0 amide bonds. The van der Waals surface area contributed by atoms with Gasteiger partial charge in [0.05, 0.1) is 12.6 Å². The number of hydrogen-bond acceptors (Lipinski definition) is 3. The molecule has 1 N–H and O–H groups in total. The third-order valence-electron chi connectivity index (χ3n) is 3.98. The van der Waals surface area contributed by atoms with Crippen molar-refractivity contribution in [1.29, 1.82) is 0 Å². The lowest BCUT2D eigenvalue weighted by molar-refractivity contribution is 0.0695. The highest BCUT2D eigenvalue weighted by atomic mass is 19.1. The predicted octanol–water partition coefficient (Wildman–Crippen LogP) is 3.56. The van der Waals surface area contributed by atoms with E-state index in [-0.39, 0.29) is 17.4 Å². The Labute approximate surface area is 148 Å². The first-order valence-corrected chi connectivity index (χ1v) is 7.87. The number of nitrogens with zero attached hydrogens (tertiary/aromatic N) is 1. The molecule has 6 heteroatoms. The SMILES string of the molecule is COc1cccc(/C=C/Cn2cc(C(=O)O)c(=O)c3cccc(F)c32)c1. The van der Waals surface area contributed by atoms with E-state index in [1.54, 1.807) is 13.2 Å². The molecule has 0 saturated heterocycles. The number of allylic oxidation sites excluding steroid dienone is 1. The van der Waals surface area contributed by atoms with Crippen LogP contribution < -0.4 is 10.2 Å². The van der Waals surface area contributed by atoms with Crippen molar-refractivity contribution in [2.75, 3.05) is 7.11 Å². The van der Waals surface area contributed by atoms with Gasteiger partial charge in [-0.2, -0.15) is 0 Å². The van der Waals surface area contributed by atoms with Crippen molar-refractivity contribution in [2.45, 2.75) is 6.54 Å². The van der Waals surface area contributed by atoms with Gasteiger partial charge >= 0.3 is 5.97 Å². The molecule has 0 aliphatic rings. The summed E-state index contributed by atoms with van der Waals surface area (Å²) in [7, 11) is 1.57. The fourth-order valence-corrected chi connectivity index (χ4v) is 2.76. The molecule has 26 heavy (non-hydrogen) atoms. The van der Waals surface area contributed by atoms with Crippen molar-refractivity contribution in [1.82, 2.24) is 4.57 Å². The van der Waals surface area contributed by atoms with Crippen LogP contribution in [0.25, 0.3) is 17.0 Å². The van der Waals surface area contributed by atoms with Crippen molar-refractivity contribution in [3.63, 3.8) is 0 Å². The van der Waals surface area contributed by atoms with E-state index in [9.17, 15) is 19.1 Å². The number of methoxy groups -OCH3 is 1. The third kappa shape index (κ3) is 3.35. The summed E-state index contributed by atoms with van der Waals surface area (Å²) < 4.78 is 20.8. The normalized spacial score (nSPS) is 11.2. The average molecular weight is 353 g/mol. The molecule has 1 aromatic heterocycles. The van der Waals surface area contributed by atoms with Gasteiger partial charge in [-0.3, -0.25) is 4.79 Å². The van der Waals surface area contributed by atoms with Crippen molar-refractivity contribution in [3.05, 3.63) is 81.9 Å². The molecular formula is C20H16FNO4.